The topological polar surface area (TPSA) is 59.1 Å². The van der Waals surface area contributed by atoms with Crippen molar-refractivity contribution < 1.29 is 23.5 Å². The SMILES string of the molecule is COc1ccc(OC)c(C(=O)N2CCN(C(=O)c3ccccc3F)CC2)c1. The molecule has 0 spiro atoms. The van der Waals surface area contributed by atoms with Gasteiger partial charge in [-0.3, -0.25) is 9.59 Å². The number of ether oxygens (including phenoxy) is 2. The van der Waals surface area contributed by atoms with Gasteiger partial charge in [-0.15, -0.1) is 0 Å². The second-order valence-electron chi connectivity index (χ2n) is 6.13. The van der Waals surface area contributed by atoms with Gasteiger partial charge in [-0.2, -0.15) is 0 Å². The average Bonchev–Trinajstić information content (AvgIpc) is 2.72. The maximum Gasteiger partial charge on any atom is 0.257 e. The Morgan fingerprint density at radius 2 is 1.44 bits per heavy atom. The Morgan fingerprint density at radius 3 is 2.00 bits per heavy atom. The molecular weight excluding hydrogens is 351 g/mol. The summed E-state index contributed by atoms with van der Waals surface area (Å²) < 4.78 is 24.3. The van der Waals surface area contributed by atoms with Crippen LogP contribution in [0.15, 0.2) is 42.5 Å². The first kappa shape index (κ1) is 18.7. The molecule has 7 heteroatoms. The fourth-order valence-corrected chi connectivity index (χ4v) is 3.07. The second kappa shape index (κ2) is 8.07. The van der Waals surface area contributed by atoms with Crippen LogP contribution in [-0.4, -0.2) is 62.0 Å². The van der Waals surface area contributed by atoms with Crippen molar-refractivity contribution in [1.29, 1.82) is 0 Å². The zero-order valence-electron chi connectivity index (χ0n) is 15.3. The van der Waals surface area contributed by atoms with Gasteiger partial charge in [-0.05, 0) is 30.3 Å². The van der Waals surface area contributed by atoms with Gasteiger partial charge >= 0.3 is 0 Å². The molecular formula is C20H21FN2O4. The normalized spacial score (nSPS) is 14.0. The zero-order valence-corrected chi connectivity index (χ0v) is 15.3. The van der Waals surface area contributed by atoms with Crippen molar-refractivity contribution in [3.63, 3.8) is 0 Å². The third-order valence-electron chi connectivity index (χ3n) is 4.60. The number of rotatable bonds is 4. The van der Waals surface area contributed by atoms with Crippen molar-refractivity contribution in [1.82, 2.24) is 9.80 Å². The number of benzene rings is 2. The predicted molar refractivity (Wildman–Crippen MR) is 97.8 cm³/mol. The van der Waals surface area contributed by atoms with E-state index in [1.165, 1.54) is 26.4 Å². The molecule has 3 rings (SSSR count). The average molecular weight is 372 g/mol. The second-order valence-corrected chi connectivity index (χ2v) is 6.13. The molecule has 0 radical (unpaired) electrons. The van der Waals surface area contributed by atoms with E-state index in [1.807, 2.05) is 0 Å². The van der Waals surface area contributed by atoms with Gasteiger partial charge in [0.15, 0.2) is 0 Å². The zero-order chi connectivity index (χ0) is 19.4. The highest BCUT2D eigenvalue weighted by molar-refractivity contribution is 5.98. The lowest BCUT2D eigenvalue weighted by Crippen LogP contribution is -2.50. The van der Waals surface area contributed by atoms with Crippen molar-refractivity contribution in [2.75, 3.05) is 40.4 Å². The molecule has 0 saturated carbocycles. The first-order valence-corrected chi connectivity index (χ1v) is 8.60. The van der Waals surface area contributed by atoms with E-state index in [4.69, 9.17) is 9.47 Å². The Balaban J connectivity index is 1.70. The van der Waals surface area contributed by atoms with Crippen molar-refractivity contribution in [2.45, 2.75) is 0 Å². The highest BCUT2D eigenvalue weighted by atomic mass is 19.1. The monoisotopic (exact) mass is 372 g/mol. The largest absolute Gasteiger partial charge is 0.497 e. The smallest absolute Gasteiger partial charge is 0.257 e. The van der Waals surface area contributed by atoms with E-state index in [0.717, 1.165) is 0 Å². The molecule has 2 amide bonds. The fourth-order valence-electron chi connectivity index (χ4n) is 3.07. The summed E-state index contributed by atoms with van der Waals surface area (Å²) in [5.74, 6) is -0.0665. The molecule has 142 valence electrons. The number of carbonyl (C=O) groups is 2. The standard InChI is InChI=1S/C20H21FN2O4/c1-26-14-7-8-18(27-2)16(13-14)20(25)23-11-9-22(10-12-23)19(24)15-5-3-4-6-17(15)21/h3-8,13H,9-12H2,1-2H3. The van der Waals surface area contributed by atoms with Crippen LogP contribution in [0.4, 0.5) is 4.39 Å². The summed E-state index contributed by atoms with van der Waals surface area (Å²) in [5.41, 5.74) is 0.456. The molecule has 0 atom stereocenters. The van der Waals surface area contributed by atoms with E-state index in [-0.39, 0.29) is 17.4 Å². The summed E-state index contributed by atoms with van der Waals surface area (Å²) in [7, 11) is 3.03. The molecule has 0 N–H and O–H groups in total. The molecule has 1 aliphatic heterocycles. The molecule has 0 aliphatic carbocycles. The Kier molecular flexibility index (Phi) is 5.59. The predicted octanol–water partition coefficient (Wildman–Crippen LogP) is 2.44. The van der Waals surface area contributed by atoms with Crippen LogP contribution in [0.25, 0.3) is 0 Å². The molecule has 27 heavy (non-hydrogen) atoms. The molecule has 6 nitrogen and oxygen atoms in total. The molecule has 0 unspecified atom stereocenters. The molecule has 1 heterocycles. The van der Waals surface area contributed by atoms with E-state index < -0.39 is 5.82 Å². The Labute approximate surface area is 157 Å². The molecule has 1 saturated heterocycles. The van der Waals surface area contributed by atoms with Crippen molar-refractivity contribution >= 4 is 11.8 Å². The first-order chi connectivity index (χ1) is 13.0. The number of amides is 2. The Hall–Kier alpha value is -3.09. The van der Waals surface area contributed by atoms with E-state index in [0.29, 0.717) is 43.2 Å². The first-order valence-electron chi connectivity index (χ1n) is 8.60. The van der Waals surface area contributed by atoms with Crippen LogP contribution in [-0.2, 0) is 0 Å². The maximum atomic E-state index is 13.8. The van der Waals surface area contributed by atoms with E-state index >= 15 is 0 Å². The Morgan fingerprint density at radius 1 is 0.852 bits per heavy atom. The van der Waals surface area contributed by atoms with E-state index in [9.17, 15) is 14.0 Å². The number of halogens is 1. The summed E-state index contributed by atoms with van der Waals surface area (Å²) in [6.07, 6.45) is 0. The highest BCUT2D eigenvalue weighted by Gasteiger charge is 2.28. The Bertz CT molecular complexity index is 848. The van der Waals surface area contributed by atoms with E-state index in [1.54, 1.807) is 40.1 Å². The van der Waals surface area contributed by atoms with Crippen LogP contribution in [0.5, 0.6) is 11.5 Å². The van der Waals surface area contributed by atoms with Crippen LogP contribution in [0.1, 0.15) is 20.7 Å². The van der Waals surface area contributed by atoms with Crippen LogP contribution in [0.3, 0.4) is 0 Å². The lowest BCUT2D eigenvalue weighted by atomic mass is 10.1. The fraction of sp³-hybridized carbons (Fsp3) is 0.300. The van der Waals surface area contributed by atoms with Gasteiger partial charge in [0.1, 0.15) is 17.3 Å². The number of hydrogen-bond donors (Lipinski definition) is 0. The number of methoxy groups -OCH3 is 2. The van der Waals surface area contributed by atoms with Gasteiger partial charge in [0.25, 0.3) is 11.8 Å². The summed E-state index contributed by atoms with van der Waals surface area (Å²) in [6, 6.07) is 11.0. The molecule has 0 aromatic heterocycles. The van der Waals surface area contributed by atoms with Crippen LogP contribution >= 0.6 is 0 Å². The minimum atomic E-state index is -0.540. The van der Waals surface area contributed by atoms with Gasteiger partial charge in [-0.25, -0.2) is 4.39 Å². The molecule has 0 bridgehead atoms. The number of piperazine rings is 1. The third-order valence-corrected chi connectivity index (χ3v) is 4.60. The molecule has 1 fully saturated rings. The van der Waals surface area contributed by atoms with Crippen molar-refractivity contribution in [3.8, 4) is 11.5 Å². The van der Waals surface area contributed by atoms with Crippen LogP contribution in [0.2, 0.25) is 0 Å². The summed E-state index contributed by atoms with van der Waals surface area (Å²) in [5, 5.41) is 0. The highest BCUT2D eigenvalue weighted by Crippen LogP contribution is 2.26. The summed E-state index contributed by atoms with van der Waals surface area (Å²) in [6.45, 7) is 1.40. The summed E-state index contributed by atoms with van der Waals surface area (Å²) >= 11 is 0. The molecule has 1 aliphatic rings. The van der Waals surface area contributed by atoms with Gasteiger partial charge < -0.3 is 19.3 Å². The van der Waals surface area contributed by atoms with Gasteiger partial charge in [0, 0.05) is 26.2 Å². The number of nitrogens with zero attached hydrogens (tertiary/aromatic N) is 2. The quantitative estimate of drug-likeness (QED) is 0.827. The van der Waals surface area contributed by atoms with E-state index in [2.05, 4.69) is 0 Å². The van der Waals surface area contributed by atoms with Gasteiger partial charge in [0.05, 0.1) is 25.3 Å². The molecule has 2 aromatic rings. The lowest BCUT2D eigenvalue weighted by molar-refractivity contribution is 0.0531. The van der Waals surface area contributed by atoms with Crippen LogP contribution < -0.4 is 9.47 Å². The van der Waals surface area contributed by atoms with Gasteiger partial charge in [0.2, 0.25) is 0 Å². The minimum absolute atomic E-state index is 0.0479. The number of carbonyl (C=O) groups excluding carboxylic acids is 2. The minimum Gasteiger partial charge on any atom is -0.497 e. The maximum absolute atomic E-state index is 13.8. The molecule has 2 aromatic carbocycles. The van der Waals surface area contributed by atoms with Crippen molar-refractivity contribution in [2.24, 2.45) is 0 Å². The summed E-state index contributed by atoms with van der Waals surface area (Å²) in [4.78, 5) is 28.6. The van der Waals surface area contributed by atoms with Gasteiger partial charge in [-0.1, -0.05) is 12.1 Å². The van der Waals surface area contributed by atoms with Crippen molar-refractivity contribution in [3.05, 3.63) is 59.4 Å². The lowest BCUT2D eigenvalue weighted by Gasteiger charge is -2.35. The third kappa shape index (κ3) is 3.86. The van der Waals surface area contributed by atoms with Crippen LogP contribution in [0, 0.1) is 5.82 Å². The number of hydrogen-bond acceptors (Lipinski definition) is 4.